The number of rotatable bonds is 2. The van der Waals surface area contributed by atoms with Crippen LogP contribution in [0.5, 0.6) is 0 Å². The van der Waals surface area contributed by atoms with Gasteiger partial charge in [0.15, 0.2) is 0 Å². The second kappa shape index (κ2) is 5.87. The summed E-state index contributed by atoms with van der Waals surface area (Å²) in [4.78, 5) is 25.2. The summed E-state index contributed by atoms with van der Waals surface area (Å²) in [6.45, 7) is 3.10. The van der Waals surface area contributed by atoms with Crippen LogP contribution < -0.4 is 4.90 Å². The van der Waals surface area contributed by atoms with Crippen LogP contribution in [0.3, 0.4) is 0 Å². The lowest BCUT2D eigenvalue weighted by Crippen LogP contribution is -2.45. The van der Waals surface area contributed by atoms with Gasteiger partial charge in [0.1, 0.15) is 18.2 Å². The number of aliphatic hydroxyl groups is 1. The van der Waals surface area contributed by atoms with E-state index in [1.54, 1.807) is 12.3 Å². The summed E-state index contributed by atoms with van der Waals surface area (Å²) >= 11 is 0. The molecule has 2 unspecified atom stereocenters. The Labute approximate surface area is 140 Å². The Hall–Kier alpha value is -2.47. The van der Waals surface area contributed by atoms with Gasteiger partial charge in [-0.15, -0.1) is 0 Å². The van der Waals surface area contributed by atoms with Crippen molar-refractivity contribution in [3.8, 4) is 0 Å². The zero-order valence-electron chi connectivity index (χ0n) is 13.5. The normalized spacial score (nSPS) is 25.8. The maximum Gasteiger partial charge on any atom is 0.246 e. The molecule has 1 amide bonds. The van der Waals surface area contributed by atoms with Gasteiger partial charge in [-0.3, -0.25) is 4.79 Å². The van der Waals surface area contributed by atoms with Crippen molar-refractivity contribution < 1.29 is 9.90 Å². The predicted octanol–water partition coefficient (Wildman–Crippen LogP) is 1.52. The number of hydrogen-bond donors (Lipinski definition) is 1. The van der Waals surface area contributed by atoms with Crippen molar-refractivity contribution in [1.29, 1.82) is 0 Å². The molecule has 0 bridgehead atoms. The standard InChI is InChI=1S/C18H20N4O2/c1-12-15-5-3-2-4-13(15)9-21(12)18(24)16-8-14(23)10-22(16)17-6-7-19-11-20-17/h2-7,11-12,14,16,23H,8-10H2,1H3/t12-,14?,16?/m0/s1. The van der Waals surface area contributed by atoms with E-state index in [-0.39, 0.29) is 18.0 Å². The average molecular weight is 324 g/mol. The van der Waals surface area contributed by atoms with E-state index in [0.717, 1.165) is 0 Å². The van der Waals surface area contributed by atoms with Crippen molar-refractivity contribution in [2.24, 2.45) is 0 Å². The van der Waals surface area contributed by atoms with Crippen molar-refractivity contribution in [2.75, 3.05) is 11.4 Å². The quantitative estimate of drug-likeness (QED) is 0.907. The summed E-state index contributed by atoms with van der Waals surface area (Å²) in [5, 5.41) is 10.1. The summed E-state index contributed by atoms with van der Waals surface area (Å²) in [5.74, 6) is 0.734. The van der Waals surface area contributed by atoms with E-state index in [1.165, 1.54) is 17.5 Å². The highest BCUT2D eigenvalue weighted by Crippen LogP contribution is 2.35. The maximum atomic E-state index is 13.2. The van der Waals surface area contributed by atoms with Crippen molar-refractivity contribution in [3.05, 3.63) is 54.0 Å². The first kappa shape index (κ1) is 15.1. The number of carbonyl (C=O) groups excluding carboxylic acids is 1. The van der Waals surface area contributed by atoms with Crippen molar-refractivity contribution in [3.63, 3.8) is 0 Å². The Morgan fingerprint density at radius 1 is 1.29 bits per heavy atom. The fourth-order valence-electron chi connectivity index (χ4n) is 3.79. The van der Waals surface area contributed by atoms with E-state index in [9.17, 15) is 9.90 Å². The fourth-order valence-corrected chi connectivity index (χ4v) is 3.79. The first-order valence-corrected chi connectivity index (χ1v) is 8.24. The van der Waals surface area contributed by atoms with Gasteiger partial charge in [-0.25, -0.2) is 9.97 Å². The Kier molecular flexibility index (Phi) is 3.69. The number of aliphatic hydroxyl groups excluding tert-OH is 1. The highest BCUT2D eigenvalue weighted by molar-refractivity contribution is 5.86. The lowest BCUT2D eigenvalue weighted by atomic mass is 10.1. The van der Waals surface area contributed by atoms with Gasteiger partial charge < -0.3 is 14.9 Å². The minimum Gasteiger partial charge on any atom is -0.391 e. The molecule has 1 aromatic carbocycles. The highest BCUT2D eigenvalue weighted by Gasteiger charge is 2.41. The van der Waals surface area contributed by atoms with Crippen molar-refractivity contribution in [1.82, 2.24) is 14.9 Å². The van der Waals surface area contributed by atoms with Gasteiger partial charge in [-0.05, 0) is 24.1 Å². The monoisotopic (exact) mass is 324 g/mol. The minimum absolute atomic E-state index is 0.0499. The van der Waals surface area contributed by atoms with Gasteiger partial charge in [-0.1, -0.05) is 24.3 Å². The van der Waals surface area contributed by atoms with Crippen molar-refractivity contribution in [2.45, 2.75) is 38.1 Å². The zero-order chi connectivity index (χ0) is 16.7. The number of hydrogen-bond acceptors (Lipinski definition) is 5. The Bertz CT molecular complexity index is 752. The number of carbonyl (C=O) groups is 1. The molecule has 1 aromatic heterocycles. The van der Waals surface area contributed by atoms with E-state index < -0.39 is 6.10 Å². The largest absolute Gasteiger partial charge is 0.391 e. The van der Waals surface area contributed by atoms with E-state index >= 15 is 0 Å². The Balaban J connectivity index is 1.60. The molecule has 24 heavy (non-hydrogen) atoms. The van der Waals surface area contributed by atoms with Crippen LogP contribution in [0.25, 0.3) is 0 Å². The summed E-state index contributed by atoms with van der Waals surface area (Å²) < 4.78 is 0. The number of aromatic nitrogens is 2. The molecule has 3 atom stereocenters. The lowest BCUT2D eigenvalue weighted by molar-refractivity contribution is -0.134. The van der Waals surface area contributed by atoms with E-state index in [2.05, 4.69) is 29.0 Å². The number of fused-ring (bicyclic) bond motifs is 1. The topological polar surface area (TPSA) is 69.6 Å². The van der Waals surface area contributed by atoms with Crippen LogP contribution in [0.2, 0.25) is 0 Å². The third-order valence-corrected chi connectivity index (χ3v) is 5.02. The van der Waals surface area contributed by atoms with Crippen molar-refractivity contribution >= 4 is 11.7 Å². The molecule has 0 aliphatic carbocycles. The average Bonchev–Trinajstić information content (AvgIpc) is 3.16. The first-order chi connectivity index (χ1) is 11.6. The molecule has 2 aliphatic heterocycles. The summed E-state index contributed by atoms with van der Waals surface area (Å²) in [6.07, 6.45) is 3.04. The molecule has 1 N–H and O–H groups in total. The van der Waals surface area contributed by atoms with E-state index in [4.69, 9.17) is 0 Å². The molecule has 2 aliphatic rings. The molecule has 2 aromatic rings. The molecule has 1 saturated heterocycles. The molecular weight excluding hydrogens is 304 g/mol. The van der Waals surface area contributed by atoms with Gasteiger partial charge in [0.25, 0.3) is 0 Å². The summed E-state index contributed by atoms with van der Waals surface area (Å²) in [7, 11) is 0. The molecular formula is C18H20N4O2. The second-order valence-electron chi connectivity index (χ2n) is 6.47. The third-order valence-electron chi connectivity index (χ3n) is 5.02. The molecule has 0 saturated carbocycles. The third kappa shape index (κ3) is 2.43. The molecule has 1 fully saturated rings. The van der Waals surface area contributed by atoms with Crippen LogP contribution in [-0.4, -0.2) is 44.6 Å². The van der Waals surface area contributed by atoms with Gasteiger partial charge >= 0.3 is 0 Å². The molecule has 0 radical (unpaired) electrons. The van der Waals surface area contributed by atoms with E-state index in [0.29, 0.717) is 25.3 Å². The summed E-state index contributed by atoms with van der Waals surface area (Å²) in [6, 6.07) is 9.62. The molecule has 0 spiro atoms. The smallest absolute Gasteiger partial charge is 0.246 e. The second-order valence-corrected chi connectivity index (χ2v) is 6.47. The van der Waals surface area contributed by atoms with Crippen LogP contribution in [0, 0.1) is 0 Å². The molecule has 3 heterocycles. The van der Waals surface area contributed by atoms with Crippen LogP contribution in [0.1, 0.15) is 30.5 Å². The summed E-state index contributed by atoms with van der Waals surface area (Å²) in [5.41, 5.74) is 2.41. The first-order valence-electron chi connectivity index (χ1n) is 8.24. The van der Waals surface area contributed by atoms with Gasteiger partial charge in [0.05, 0.1) is 12.1 Å². The predicted molar refractivity (Wildman–Crippen MR) is 89.2 cm³/mol. The van der Waals surface area contributed by atoms with Gasteiger partial charge in [-0.2, -0.15) is 0 Å². The molecule has 6 heteroatoms. The van der Waals surface area contributed by atoms with Crippen LogP contribution in [-0.2, 0) is 11.3 Å². The number of anilines is 1. The number of amides is 1. The number of nitrogens with zero attached hydrogens (tertiary/aromatic N) is 4. The Morgan fingerprint density at radius 2 is 2.12 bits per heavy atom. The van der Waals surface area contributed by atoms with Crippen LogP contribution in [0.4, 0.5) is 5.82 Å². The van der Waals surface area contributed by atoms with Crippen LogP contribution in [0.15, 0.2) is 42.9 Å². The maximum absolute atomic E-state index is 13.2. The highest BCUT2D eigenvalue weighted by atomic mass is 16.3. The van der Waals surface area contributed by atoms with Crippen LogP contribution >= 0.6 is 0 Å². The van der Waals surface area contributed by atoms with E-state index in [1.807, 2.05) is 21.9 Å². The fraction of sp³-hybridized carbons (Fsp3) is 0.389. The zero-order valence-corrected chi connectivity index (χ0v) is 13.5. The minimum atomic E-state index is -0.519. The number of benzene rings is 1. The Morgan fingerprint density at radius 3 is 2.88 bits per heavy atom. The van der Waals surface area contributed by atoms with Gasteiger partial charge in [0.2, 0.25) is 5.91 Å². The lowest BCUT2D eigenvalue weighted by Gasteiger charge is -2.30. The van der Waals surface area contributed by atoms with Gasteiger partial charge in [0, 0.05) is 25.7 Å². The number of β-amino-alcohol motifs (C(OH)–C–C–N with tert-alkyl or cyclic N) is 1. The molecule has 4 rings (SSSR count). The molecule has 124 valence electrons. The SMILES string of the molecule is C[C@H]1c2ccccc2CN1C(=O)C1CC(O)CN1c1ccncn1. The molecule has 6 nitrogen and oxygen atoms in total.